The maximum Gasteiger partial charge on any atom is 0.320 e. The van der Waals surface area contributed by atoms with Gasteiger partial charge in [-0.25, -0.2) is 0 Å². The number of hydrogen-bond acceptors (Lipinski definition) is 6. The summed E-state index contributed by atoms with van der Waals surface area (Å²) in [6.07, 6.45) is 10.6. The molecule has 1 rings (SSSR count). The molecule has 0 heterocycles. The van der Waals surface area contributed by atoms with Gasteiger partial charge in [-0.2, -0.15) is 0 Å². The molecule has 0 saturated heterocycles. The van der Waals surface area contributed by atoms with Crippen LogP contribution in [-0.4, -0.2) is 37.4 Å². The number of carbonyl (C=O) groups excluding carboxylic acids is 2. The number of phenols is 1. The normalized spacial score (nSPS) is 10.8. The van der Waals surface area contributed by atoms with Gasteiger partial charge in [0.05, 0.1) is 20.3 Å². The van der Waals surface area contributed by atoms with E-state index in [2.05, 4.69) is 13.8 Å². The standard InChI is InChI=1S/C25H40O6/c1-4-6-8-10-12-16-30-24(27)21(25(28)31-17-13-11-9-7-5-2)18-20-14-15-22(26)23(19-20)29-3/h14-15,19,21,26H,4-13,16-18H2,1-3H3. The van der Waals surface area contributed by atoms with E-state index in [1.807, 2.05) is 0 Å². The lowest BCUT2D eigenvalue weighted by Gasteiger charge is -2.16. The highest BCUT2D eigenvalue weighted by atomic mass is 16.6. The van der Waals surface area contributed by atoms with E-state index < -0.39 is 17.9 Å². The van der Waals surface area contributed by atoms with Gasteiger partial charge in [0, 0.05) is 0 Å². The Kier molecular flexibility index (Phi) is 14.2. The third-order valence-corrected chi connectivity index (χ3v) is 5.24. The highest BCUT2D eigenvalue weighted by molar-refractivity contribution is 5.95. The second-order valence-electron chi connectivity index (χ2n) is 7.93. The largest absolute Gasteiger partial charge is 0.504 e. The first-order valence-electron chi connectivity index (χ1n) is 11.7. The van der Waals surface area contributed by atoms with Crippen molar-refractivity contribution in [3.05, 3.63) is 23.8 Å². The van der Waals surface area contributed by atoms with Gasteiger partial charge < -0.3 is 19.3 Å². The lowest BCUT2D eigenvalue weighted by molar-refractivity contribution is -0.162. The zero-order chi connectivity index (χ0) is 22.9. The summed E-state index contributed by atoms with van der Waals surface area (Å²) < 4.78 is 15.9. The van der Waals surface area contributed by atoms with Crippen LogP contribution in [0, 0.1) is 5.92 Å². The molecule has 0 aliphatic rings. The van der Waals surface area contributed by atoms with Gasteiger partial charge in [0.15, 0.2) is 17.4 Å². The second-order valence-corrected chi connectivity index (χ2v) is 7.93. The quantitative estimate of drug-likeness (QED) is 0.195. The van der Waals surface area contributed by atoms with Gasteiger partial charge in [0.1, 0.15) is 0 Å². The van der Waals surface area contributed by atoms with E-state index in [9.17, 15) is 14.7 Å². The van der Waals surface area contributed by atoms with Crippen molar-refractivity contribution in [2.75, 3.05) is 20.3 Å². The van der Waals surface area contributed by atoms with E-state index in [0.29, 0.717) is 24.5 Å². The molecule has 0 atom stereocenters. The molecule has 176 valence electrons. The van der Waals surface area contributed by atoms with Crippen molar-refractivity contribution in [3.8, 4) is 11.5 Å². The van der Waals surface area contributed by atoms with Crippen molar-refractivity contribution >= 4 is 11.9 Å². The van der Waals surface area contributed by atoms with Crippen molar-refractivity contribution in [2.45, 2.75) is 84.5 Å². The highest BCUT2D eigenvalue weighted by Gasteiger charge is 2.30. The SMILES string of the molecule is CCCCCCCOC(=O)C(Cc1ccc(O)c(OC)c1)C(=O)OCCCCCCC. The lowest BCUT2D eigenvalue weighted by atomic mass is 9.99. The average Bonchev–Trinajstić information content (AvgIpc) is 2.77. The van der Waals surface area contributed by atoms with Crippen molar-refractivity contribution in [3.63, 3.8) is 0 Å². The topological polar surface area (TPSA) is 82.1 Å². The number of esters is 2. The number of ether oxygens (including phenoxy) is 3. The summed E-state index contributed by atoms with van der Waals surface area (Å²) in [6.45, 7) is 4.92. The Hall–Kier alpha value is -2.24. The molecule has 1 aromatic carbocycles. The fourth-order valence-corrected chi connectivity index (χ4v) is 3.31. The molecular weight excluding hydrogens is 396 g/mol. The van der Waals surface area contributed by atoms with Crippen LogP contribution in [0.1, 0.15) is 83.6 Å². The maximum atomic E-state index is 12.7. The Bertz CT molecular complexity index is 615. The minimum atomic E-state index is -1.03. The number of hydrogen-bond donors (Lipinski definition) is 1. The van der Waals surface area contributed by atoms with Gasteiger partial charge in [-0.3, -0.25) is 9.59 Å². The first-order valence-corrected chi connectivity index (χ1v) is 11.7. The molecule has 6 nitrogen and oxygen atoms in total. The summed E-state index contributed by atoms with van der Waals surface area (Å²) in [6, 6.07) is 4.78. The smallest absolute Gasteiger partial charge is 0.320 e. The summed E-state index contributed by atoms with van der Waals surface area (Å²) in [5.41, 5.74) is 0.694. The highest BCUT2D eigenvalue weighted by Crippen LogP contribution is 2.27. The van der Waals surface area contributed by atoms with Gasteiger partial charge in [0.25, 0.3) is 0 Å². The van der Waals surface area contributed by atoms with Crippen molar-refractivity contribution < 1.29 is 28.9 Å². The Balaban J connectivity index is 2.67. The molecule has 6 heteroatoms. The monoisotopic (exact) mass is 436 g/mol. The third kappa shape index (κ3) is 11.1. The van der Waals surface area contributed by atoms with Crippen LogP contribution in [0.4, 0.5) is 0 Å². The number of phenolic OH excluding ortho intramolecular Hbond substituents is 1. The van der Waals surface area contributed by atoms with Crippen LogP contribution < -0.4 is 4.74 Å². The van der Waals surface area contributed by atoms with Crippen molar-refractivity contribution in [1.82, 2.24) is 0 Å². The van der Waals surface area contributed by atoms with Crippen LogP contribution in [0.2, 0.25) is 0 Å². The average molecular weight is 437 g/mol. The Morgan fingerprint density at radius 1 is 0.839 bits per heavy atom. The number of rotatable bonds is 17. The molecule has 0 amide bonds. The Morgan fingerprint density at radius 3 is 1.84 bits per heavy atom. The summed E-state index contributed by atoms with van der Waals surface area (Å²) in [4.78, 5) is 25.3. The molecule has 0 aliphatic heterocycles. The van der Waals surface area contributed by atoms with Gasteiger partial charge in [-0.15, -0.1) is 0 Å². The first-order chi connectivity index (χ1) is 15.0. The molecule has 31 heavy (non-hydrogen) atoms. The second kappa shape index (κ2) is 16.5. The molecule has 0 unspecified atom stereocenters. The van der Waals surface area contributed by atoms with E-state index >= 15 is 0 Å². The number of unbranched alkanes of at least 4 members (excludes halogenated alkanes) is 8. The zero-order valence-corrected chi connectivity index (χ0v) is 19.5. The molecule has 0 aromatic heterocycles. The van der Waals surface area contributed by atoms with E-state index in [-0.39, 0.29) is 12.2 Å². The molecule has 0 aliphatic carbocycles. The molecule has 0 saturated carbocycles. The zero-order valence-electron chi connectivity index (χ0n) is 19.5. The molecule has 1 N–H and O–H groups in total. The molecular formula is C25H40O6. The summed E-state index contributed by atoms with van der Waals surface area (Å²) >= 11 is 0. The third-order valence-electron chi connectivity index (χ3n) is 5.24. The predicted octanol–water partition coefficient (Wildman–Crippen LogP) is 5.59. The first kappa shape index (κ1) is 26.8. The molecule has 0 radical (unpaired) electrons. The number of benzene rings is 1. The lowest BCUT2D eigenvalue weighted by Crippen LogP contribution is -2.30. The van der Waals surface area contributed by atoms with Gasteiger partial charge >= 0.3 is 11.9 Å². The fraction of sp³-hybridized carbons (Fsp3) is 0.680. The van der Waals surface area contributed by atoms with E-state index in [4.69, 9.17) is 14.2 Å². The maximum absolute atomic E-state index is 12.7. The van der Waals surface area contributed by atoms with Crippen LogP contribution in [0.3, 0.4) is 0 Å². The van der Waals surface area contributed by atoms with Crippen LogP contribution in [0.5, 0.6) is 11.5 Å². The number of methoxy groups -OCH3 is 1. The van der Waals surface area contributed by atoms with E-state index in [1.165, 1.54) is 26.0 Å². The summed E-state index contributed by atoms with van der Waals surface area (Å²) in [5.74, 6) is -1.84. The van der Waals surface area contributed by atoms with E-state index in [1.54, 1.807) is 12.1 Å². The molecule has 0 spiro atoms. The van der Waals surface area contributed by atoms with Crippen LogP contribution in [0.25, 0.3) is 0 Å². The summed E-state index contributed by atoms with van der Waals surface area (Å²) in [5, 5.41) is 9.79. The minimum Gasteiger partial charge on any atom is -0.504 e. The Labute approximate surface area is 187 Å². The van der Waals surface area contributed by atoms with E-state index in [0.717, 1.165) is 51.4 Å². The van der Waals surface area contributed by atoms with Crippen LogP contribution in [-0.2, 0) is 25.5 Å². The molecule has 1 aromatic rings. The van der Waals surface area contributed by atoms with Gasteiger partial charge in [0.2, 0.25) is 0 Å². The summed E-state index contributed by atoms with van der Waals surface area (Å²) in [7, 11) is 1.45. The van der Waals surface area contributed by atoms with Crippen LogP contribution in [0.15, 0.2) is 18.2 Å². The minimum absolute atomic E-state index is 0.00658. The fourth-order valence-electron chi connectivity index (χ4n) is 3.31. The van der Waals surface area contributed by atoms with Crippen molar-refractivity contribution in [2.24, 2.45) is 5.92 Å². The van der Waals surface area contributed by atoms with Gasteiger partial charge in [-0.05, 0) is 37.0 Å². The molecule has 0 bridgehead atoms. The Morgan fingerprint density at radius 2 is 1.35 bits per heavy atom. The predicted molar refractivity (Wildman–Crippen MR) is 121 cm³/mol. The number of carbonyl (C=O) groups is 2. The van der Waals surface area contributed by atoms with Crippen LogP contribution >= 0.6 is 0 Å². The number of aromatic hydroxyl groups is 1. The van der Waals surface area contributed by atoms with Crippen molar-refractivity contribution in [1.29, 1.82) is 0 Å². The van der Waals surface area contributed by atoms with Gasteiger partial charge in [-0.1, -0.05) is 71.3 Å². The molecule has 0 fully saturated rings.